The van der Waals surface area contributed by atoms with E-state index in [1.54, 1.807) is 6.08 Å². The number of methoxy groups -OCH3 is 1. The number of benzene rings is 2. The Morgan fingerprint density at radius 1 is 1.16 bits per heavy atom. The zero-order valence-electron chi connectivity index (χ0n) is 10.5. The lowest BCUT2D eigenvalue weighted by Crippen LogP contribution is -1.97. The SMILES string of the molecule is COc1cc(C(=O)C=Cc2ccccc2)ccc1F. The second-order valence-electron chi connectivity index (χ2n) is 3.96. The first-order chi connectivity index (χ1) is 9.20. The molecule has 0 aromatic heterocycles. The van der Waals surface area contributed by atoms with Crippen LogP contribution in [-0.4, -0.2) is 12.9 Å². The zero-order chi connectivity index (χ0) is 13.7. The second kappa shape index (κ2) is 5.96. The van der Waals surface area contributed by atoms with Crippen molar-refractivity contribution in [3.05, 3.63) is 71.6 Å². The van der Waals surface area contributed by atoms with Gasteiger partial charge in [0.05, 0.1) is 7.11 Å². The summed E-state index contributed by atoms with van der Waals surface area (Å²) in [6, 6.07) is 13.6. The molecular formula is C16H13FO2. The summed E-state index contributed by atoms with van der Waals surface area (Å²) >= 11 is 0. The summed E-state index contributed by atoms with van der Waals surface area (Å²) in [7, 11) is 1.37. The van der Waals surface area contributed by atoms with Crippen LogP contribution < -0.4 is 4.74 Å². The topological polar surface area (TPSA) is 26.3 Å². The van der Waals surface area contributed by atoms with E-state index in [0.29, 0.717) is 5.56 Å². The molecule has 0 heterocycles. The van der Waals surface area contributed by atoms with Gasteiger partial charge in [0.15, 0.2) is 17.3 Å². The molecule has 0 unspecified atom stereocenters. The molecule has 0 aliphatic heterocycles. The average molecular weight is 256 g/mol. The van der Waals surface area contributed by atoms with Gasteiger partial charge in [0, 0.05) is 5.56 Å². The molecule has 0 spiro atoms. The molecule has 3 heteroatoms. The van der Waals surface area contributed by atoms with Crippen LogP contribution in [0.3, 0.4) is 0 Å². The normalized spacial score (nSPS) is 10.6. The lowest BCUT2D eigenvalue weighted by atomic mass is 10.1. The quantitative estimate of drug-likeness (QED) is 0.615. The van der Waals surface area contributed by atoms with E-state index < -0.39 is 5.82 Å². The molecule has 0 atom stereocenters. The van der Waals surface area contributed by atoms with Crippen LogP contribution in [-0.2, 0) is 0 Å². The number of ether oxygens (including phenoxy) is 1. The van der Waals surface area contributed by atoms with Crippen LogP contribution in [0.4, 0.5) is 4.39 Å². The largest absolute Gasteiger partial charge is 0.494 e. The fourth-order valence-corrected chi connectivity index (χ4v) is 1.65. The molecule has 0 aliphatic carbocycles. The molecule has 0 N–H and O–H groups in total. The van der Waals surface area contributed by atoms with Gasteiger partial charge in [-0.05, 0) is 29.8 Å². The monoisotopic (exact) mass is 256 g/mol. The summed E-state index contributed by atoms with van der Waals surface area (Å²) < 4.78 is 18.1. The molecule has 0 fully saturated rings. The number of hydrogen-bond acceptors (Lipinski definition) is 2. The molecule has 2 aromatic carbocycles. The maximum absolute atomic E-state index is 13.2. The summed E-state index contributed by atoms with van der Waals surface area (Å²) in [5, 5.41) is 0. The zero-order valence-corrected chi connectivity index (χ0v) is 10.5. The van der Waals surface area contributed by atoms with Crippen LogP contribution in [0.25, 0.3) is 6.08 Å². The van der Waals surface area contributed by atoms with E-state index in [1.165, 1.54) is 31.4 Å². The van der Waals surface area contributed by atoms with E-state index in [9.17, 15) is 9.18 Å². The Labute approximate surface area is 111 Å². The lowest BCUT2D eigenvalue weighted by molar-refractivity contribution is 0.104. The molecule has 96 valence electrons. The number of halogens is 1. The van der Waals surface area contributed by atoms with Gasteiger partial charge in [-0.15, -0.1) is 0 Å². The molecule has 2 rings (SSSR count). The molecule has 19 heavy (non-hydrogen) atoms. The molecule has 2 aromatic rings. The first kappa shape index (κ1) is 13.0. The van der Waals surface area contributed by atoms with Crippen LogP contribution >= 0.6 is 0 Å². The Morgan fingerprint density at radius 3 is 2.58 bits per heavy atom. The molecule has 0 saturated heterocycles. The number of carbonyl (C=O) groups excluding carboxylic acids is 1. The van der Waals surface area contributed by atoms with Crippen LogP contribution in [0.2, 0.25) is 0 Å². The Kier molecular flexibility index (Phi) is 4.08. The van der Waals surface area contributed by atoms with Crippen molar-refractivity contribution in [3.63, 3.8) is 0 Å². The summed E-state index contributed by atoms with van der Waals surface area (Å²) in [6.45, 7) is 0. The summed E-state index contributed by atoms with van der Waals surface area (Å²) in [5.74, 6) is -0.604. The van der Waals surface area contributed by atoms with Crippen molar-refractivity contribution in [2.45, 2.75) is 0 Å². The number of ketones is 1. The highest BCUT2D eigenvalue weighted by atomic mass is 19.1. The summed E-state index contributed by atoms with van der Waals surface area (Å²) in [5.41, 5.74) is 1.33. The minimum absolute atomic E-state index is 0.0685. The van der Waals surface area contributed by atoms with Crippen molar-refractivity contribution < 1.29 is 13.9 Å². The number of allylic oxidation sites excluding steroid dienone is 1. The van der Waals surface area contributed by atoms with Gasteiger partial charge in [-0.3, -0.25) is 4.79 Å². The van der Waals surface area contributed by atoms with Crippen LogP contribution in [0, 0.1) is 5.82 Å². The van der Waals surface area contributed by atoms with Gasteiger partial charge < -0.3 is 4.74 Å². The molecule has 0 aliphatic rings. The van der Waals surface area contributed by atoms with Crippen molar-refractivity contribution in [3.8, 4) is 5.75 Å². The maximum Gasteiger partial charge on any atom is 0.185 e. The molecule has 0 saturated carbocycles. The Hall–Kier alpha value is -2.42. The first-order valence-electron chi connectivity index (χ1n) is 5.81. The van der Waals surface area contributed by atoms with Gasteiger partial charge in [-0.2, -0.15) is 0 Å². The molecule has 0 bridgehead atoms. The second-order valence-corrected chi connectivity index (χ2v) is 3.96. The number of rotatable bonds is 4. The minimum atomic E-state index is -0.480. The Balaban J connectivity index is 2.18. The summed E-state index contributed by atoms with van der Waals surface area (Å²) in [4.78, 5) is 11.9. The van der Waals surface area contributed by atoms with Crippen molar-refractivity contribution in [1.82, 2.24) is 0 Å². The van der Waals surface area contributed by atoms with Gasteiger partial charge in [0.2, 0.25) is 0 Å². The average Bonchev–Trinajstić information content (AvgIpc) is 2.46. The third-order valence-corrected chi connectivity index (χ3v) is 2.66. The molecule has 2 nitrogen and oxygen atoms in total. The van der Waals surface area contributed by atoms with Crippen molar-refractivity contribution in [2.75, 3.05) is 7.11 Å². The van der Waals surface area contributed by atoms with Gasteiger partial charge in [-0.25, -0.2) is 4.39 Å². The van der Waals surface area contributed by atoms with Crippen LogP contribution in [0.5, 0.6) is 5.75 Å². The van der Waals surface area contributed by atoms with Gasteiger partial charge in [0.1, 0.15) is 0 Å². The van der Waals surface area contributed by atoms with E-state index in [2.05, 4.69) is 0 Å². The van der Waals surface area contributed by atoms with Crippen molar-refractivity contribution in [2.24, 2.45) is 0 Å². The smallest absolute Gasteiger partial charge is 0.185 e. The molecule has 0 radical (unpaired) electrons. The molecule has 0 amide bonds. The van der Waals surface area contributed by atoms with Crippen molar-refractivity contribution >= 4 is 11.9 Å². The third kappa shape index (κ3) is 3.28. The fraction of sp³-hybridized carbons (Fsp3) is 0.0625. The highest BCUT2D eigenvalue weighted by molar-refractivity contribution is 6.07. The van der Waals surface area contributed by atoms with E-state index in [0.717, 1.165) is 5.56 Å². The van der Waals surface area contributed by atoms with E-state index in [4.69, 9.17) is 4.74 Å². The number of carbonyl (C=O) groups is 1. The highest BCUT2D eigenvalue weighted by Crippen LogP contribution is 2.19. The van der Waals surface area contributed by atoms with Gasteiger partial charge >= 0.3 is 0 Å². The van der Waals surface area contributed by atoms with Crippen LogP contribution in [0.1, 0.15) is 15.9 Å². The van der Waals surface area contributed by atoms with Gasteiger partial charge in [-0.1, -0.05) is 36.4 Å². The van der Waals surface area contributed by atoms with E-state index >= 15 is 0 Å². The minimum Gasteiger partial charge on any atom is -0.494 e. The Bertz CT molecular complexity index is 603. The predicted molar refractivity (Wildman–Crippen MR) is 72.8 cm³/mol. The predicted octanol–water partition coefficient (Wildman–Crippen LogP) is 3.73. The standard InChI is InChI=1S/C16H13FO2/c1-19-16-11-13(8-9-14(16)17)15(18)10-7-12-5-3-2-4-6-12/h2-11H,1H3. The van der Waals surface area contributed by atoms with E-state index in [1.807, 2.05) is 30.3 Å². The first-order valence-corrected chi connectivity index (χ1v) is 5.81. The lowest BCUT2D eigenvalue weighted by Gasteiger charge is -2.03. The third-order valence-electron chi connectivity index (χ3n) is 2.66. The maximum atomic E-state index is 13.2. The molecular weight excluding hydrogens is 243 g/mol. The fourth-order valence-electron chi connectivity index (χ4n) is 1.65. The van der Waals surface area contributed by atoms with E-state index in [-0.39, 0.29) is 11.5 Å². The summed E-state index contributed by atoms with van der Waals surface area (Å²) in [6.07, 6.45) is 3.18. The highest BCUT2D eigenvalue weighted by Gasteiger charge is 2.07. The van der Waals surface area contributed by atoms with Crippen LogP contribution in [0.15, 0.2) is 54.6 Å². The van der Waals surface area contributed by atoms with Gasteiger partial charge in [0.25, 0.3) is 0 Å². The van der Waals surface area contributed by atoms with Crippen molar-refractivity contribution in [1.29, 1.82) is 0 Å². The Morgan fingerprint density at radius 2 is 1.89 bits per heavy atom. The number of hydrogen-bond donors (Lipinski definition) is 0.